The highest BCUT2D eigenvalue weighted by molar-refractivity contribution is 5.81. The molecule has 0 bridgehead atoms. The zero-order valence-electron chi connectivity index (χ0n) is 11.1. The van der Waals surface area contributed by atoms with Crippen molar-refractivity contribution in [1.29, 1.82) is 0 Å². The minimum Gasteiger partial charge on any atom is -0.314 e. The van der Waals surface area contributed by atoms with E-state index < -0.39 is 0 Å². The molecule has 0 saturated carbocycles. The lowest BCUT2D eigenvalue weighted by molar-refractivity contribution is 0.166. The molecule has 1 fully saturated rings. The topological polar surface area (TPSA) is 28.2 Å². The molecular weight excluding hydrogens is 241 g/mol. The van der Waals surface area contributed by atoms with Gasteiger partial charge in [-0.05, 0) is 30.7 Å². The molecule has 1 aromatic heterocycles. The van der Waals surface area contributed by atoms with Crippen molar-refractivity contribution in [2.24, 2.45) is 0 Å². The molecule has 1 aliphatic rings. The number of pyridine rings is 1. The van der Waals surface area contributed by atoms with Crippen LogP contribution in [0, 0.1) is 5.82 Å². The molecule has 4 heteroatoms. The van der Waals surface area contributed by atoms with Crippen molar-refractivity contribution >= 4 is 10.9 Å². The van der Waals surface area contributed by atoms with Crippen LogP contribution in [-0.4, -0.2) is 35.6 Å². The van der Waals surface area contributed by atoms with Crippen molar-refractivity contribution < 1.29 is 4.39 Å². The molecule has 0 radical (unpaired) electrons. The Morgan fingerprint density at radius 1 is 1.47 bits per heavy atom. The molecule has 19 heavy (non-hydrogen) atoms. The average molecular weight is 259 g/mol. The second-order valence-electron chi connectivity index (χ2n) is 5.16. The molecule has 0 spiro atoms. The Labute approximate surface area is 112 Å². The number of rotatable bonds is 2. The minimum absolute atomic E-state index is 0.182. The molecule has 2 aromatic rings. The molecule has 1 aromatic carbocycles. The number of piperazine rings is 1. The maximum absolute atomic E-state index is 13.7. The largest absolute Gasteiger partial charge is 0.314 e. The summed E-state index contributed by atoms with van der Waals surface area (Å²) in [6.07, 6.45) is 1.77. The fraction of sp³-hybridized carbons (Fsp3) is 0.400. The normalized spacial score (nSPS) is 20.8. The molecule has 1 N–H and O–H groups in total. The quantitative estimate of drug-likeness (QED) is 0.896. The molecule has 2 heterocycles. The Bertz CT molecular complexity index is 585. The number of hydrogen-bond donors (Lipinski definition) is 1. The third kappa shape index (κ3) is 2.60. The number of nitrogens with zero attached hydrogens (tertiary/aromatic N) is 2. The van der Waals surface area contributed by atoms with Crippen LogP contribution in [0.4, 0.5) is 4.39 Å². The van der Waals surface area contributed by atoms with E-state index in [1.165, 1.54) is 0 Å². The molecule has 1 saturated heterocycles. The van der Waals surface area contributed by atoms with Crippen LogP contribution in [0.15, 0.2) is 30.5 Å². The second kappa shape index (κ2) is 5.23. The zero-order valence-corrected chi connectivity index (χ0v) is 11.1. The van der Waals surface area contributed by atoms with Gasteiger partial charge in [0, 0.05) is 43.8 Å². The molecule has 0 unspecified atom stereocenters. The zero-order chi connectivity index (χ0) is 13.2. The summed E-state index contributed by atoms with van der Waals surface area (Å²) in [4.78, 5) is 6.78. The molecule has 3 rings (SSSR count). The summed E-state index contributed by atoms with van der Waals surface area (Å²) >= 11 is 0. The summed E-state index contributed by atoms with van der Waals surface area (Å²) in [7, 11) is 0. The standard InChI is InChI=1S/C15H18FN3/c1-11-9-17-5-6-19(11)10-13-8-14(16)7-12-3-2-4-18-15(12)13/h2-4,7-8,11,17H,5-6,9-10H2,1H3/t11-/m0/s1. The summed E-state index contributed by atoms with van der Waals surface area (Å²) < 4.78 is 13.7. The Morgan fingerprint density at radius 3 is 3.21 bits per heavy atom. The first-order valence-electron chi connectivity index (χ1n) is 6.72. The highest BCUT2D eigenvalue weighted by Gasteiger charge is 2.19. The number of aromatic nitrogens is 1. The van der Waals surface area contributed by atoms with Gasteiger partial charge in [0.1, 0.15) is 5.82 Å². The van der Waals surface area contributed by atoms with Gasteiger partial charge in [-0.3, -0.25) is 9.88 Å². The van der Waals surface area contributed by atoms with Gasteiger partial charge >= 0.3 is 0 Å². The van der Waals surface area contributed by atoms with Crippen molar-refractivity contribution in [3.8, 4) is 0 Å². The number of nitrogens with one attached hydrogen (secondary N) is 1. The van der Waals surface area contributed by atoms with Gasteiger partial charge in [0.05, 0.1) is 5.52 Å². The van der Waals surface area contributed by atoms with Crippen LogP contribution < -0.4 is 5.32 Å². The van der Waals surface area contributed by atoms with E-state index in [2.05, 4.69) is 22.1 Å². The Balaban J connectivity index is 1.95. The number of hydrogen-bond acceptors (Lipinski definition) is 3. The summed E-state index contributed by atoms with van der Waals surface area (Å²) in [5.41, 5.74) is 1.89. The van der Waals surface area contributed by atoms with Crippen LogP contribution >= 0.6 is 0 Å². The first-order chi connectivity index (χ1) is 9.24. The van der Waals surface area contributed by atoms with Gasteiger partial charge in [0.2, 0.25) is 0 Å². The lowest BCUT2D eigenvalue weighted by Crippen LogP contribution is -2.49. The van der Waals surface area contributed by atoms with Gasteiger partial charge in [-0.1, -0.05) is 6.07 Å². The second-order valence-corrected chi connectivity index (χ2v) is 5.16. The molecule has 0 amide bonds. The van der Waals surface area contributed by atoms with E-state index in [0.717, 1.165) is 42.6 Å². The first-order valence-corrected chi connectivity index (χ1v) is 6.72. The van der Waals surface area contributed by atoms with Crippen LogP contribution in [-0.2, 0) is 6.54 Å². The van der Waals surface area contributed by atoms with Crippen LogP contribution in [0.3, 0.4) is 0 Å². The molecule has 100 valence electrons. The predicted molar refractivity (Wildman–Crippen MR) is 74.4 cm³/mol. The van der Waals surface area contributed by atoms with Crippen LogP contribution in [0.1, 0.15) is 12.5 Å². The highest BCUT2D eigenvalue weighted by atomic mass is 19.1. The van der Waals surface area contributed by atoms with E-state index in [-0.39, 0.29) is 5.82 Å². The van der Waals surface area contributed by atoms with E-state index in [1.807, 2.05) is 12.1 Å². The Morgan fingerprint density at radius 2 is 2.37 bits per heavy atom. The van der Waals surface area contributed by atoms with Gasteiger partial charge in [-0.2, -0.15) is 0 Å². The number of halogens is 1. The van der Waals surface area contributed by atoms with Crippen molar-refractivity contribution in [1.82, 2.24) is 15.2 Å². The average Bonchev–Trinajstić information content (AvgIpc) is 2.41. The monoisotopic (exact) mass is 259 g/mol. The SMILES string of the molecule is C[C@H]1CNCCN1Cc1cc(F)cc2cccnc12. The summed E-state index contributed by atoms with van der Waals surface area (Å²) in [6, 6.07) is 7.39. The Hall–Kier alpha value is -1.52. The van der Waals surface area contributed by atoms with Gasteiger partial charge in [-0.15, -0.1) is 0 Å². The smallest absolute Gasteiger partial charge is 0.124 e. The van der Waals surface area contributed by atoms with E-state index >= 15 is 0 Å². The fourth-order valence-corrected chi connectivity index (χ4v) is 2.68. The highest BCUT2D eigenvalue weighted by Crippen LogP contribution is 2.21. The van der Waals surface area contributed by atoms with Gasteiger partial charge in [0.25, 0.3) is 0 Å². The van der Waals surface area contributed by atoms with Crippen LogP contribution in [0.25, 0.3) is 10.9 Å². The van der Waals surface area contributed by atoms with E-state index in [4.69, 9.17) is 0 Å². The van der Waals surface area contributed by atoms with E-state index in [9.17, 15) is 4.39 Å². The van der Waals surface area contributed by atoms with Crippen LogP contribution in [0.5, 0.6) is 0 Å². The minimum atomic E-state index is -0.182. The van der Waals surface area contributed by atoms with Crippen molar-refractivity contribution in [3.05, 3.63) is 41.8 Å². The van der Waals surface area contributed by atoms with Gasteiger partial charge in [-0.25, -0.2) is 4.39 Å². The number of fused-ring (bicyclic) bond motifs is 1. The maximum Gasteiger partial charge on any atom is 0.124 e. The third-order valence-electron chi connectivity index (χ3n) is 3.76. The maximum atomic E-state index is 13.7. The summed E-state index contributed by atoms with van der Waals surface area (Å²) in [5.74, 6) is -0.182. The fourth-order valence-electron chi connectivity index (χ4n) is 2.68. The third-order valence-corrected chi connectivity index (χ3v) is 3.76. The summed E-state index contributed by atoms with van der Waals surface area (Å²) in [6.45, 7) is 5.92. The molecule has 0 aliphatic carbocycles. The molecular formula is C15H18FN3. The van der Waals surface area contributed by atoms with Gasteiger partial charge in [0.15, 0.2) is 0 Å². The first kappa shape index (κ1) is 12.5. The molecule has 1 aliphatic heterocycles. The van der Waals surface area contributed by atoms with Crippen molar-refractivity contribution in [2.75, 3.05) is 19.6 Å². The van der Waals surface area contributed by atoms with Crippen molar-refractivity contribution in [3.63, 3.8) is 0 Å². The molecule has 3 nitrogen and oxygen atoms in total. The Kier molecular flexibility index (Phi) is 3.44. The lowest BCUT2D eigenvalue weighted by Gasteiger charge is -2.34. The van der Waals surface area contributed by atoms with E-state index in [0.29, 0.717) is 6.04 Å². The van der Waals surface area contributed by atoms with Crippen LogP contribution in [0.2, 0.25) is 0 Å². The summed E-state index contributed by atoms with van der Waals surface area (Å²) in [5, 5.41) is 4.24. The molecule has 1 atom stereocenters. The number of benzene rings is 1. The predicted octanol–water partition coefficient (Wildman–Crippen LogP) is 2.17. The van der Waals surface area contributed by atoms with Gasteiger partial charge < -0.3 is 5.32 Å². The lowest BCUT2D eigenvalue weighted by atomic mass is 10.1. The van der Waals surface area contributed by atoms with E-state index in [1.54, 1.807) is 18.3 Å². The van der Waals surface area contributed by atoms with Crippen molar-refractivity contribution in [2.45, 2.75) is 19.5 Å².